The van der Waals surface area contributed by atoms with E-state index in [1.807, 2.05) is 30.3 Å². The highest BCUT2D eigenvalue weighted by Crippen LogP contribution is 2.37. The number of nitrogens with two attached hydrogens (primary N) is 1. The summed E-state index contributed by atoms with van der Waals surface area (Å²) in [6.45, 7) is 3.03. The van der Waals surface area contributed by atoms with Gasteiger partial charge in [-0.1, -0.05) is 6.07 Å². The highest BCUT2D eigenvalue weighted by molar-refractivity contribution is 5.87. The summed E-state index contributed by atoms with van der Waals surface area (Å²) in [7, 11) is 0. The van der Waals surface area contributed by atoms with E-state index in [9.17, 15) is 4.79 Å². The molecular weight excluding hydrogens is 368 g/mol. The van der Waals surface area contributed by atoms with Gasteiger partial charge in [0.25, 0.3) is 0 Å². The Hall–Kier alpha value is -2.64. The Bertz CT molecular complexity index is 839. The van der Waals surface area contributed by atoms with Crippen LogP contribution in [0.15, 0.2) is 42.7 Å². The van der Waals surface area contributed by atoms with Crippen molar-refractivity contribution in [1.29, 1.82) is 0 Å². The second-order valence-electron chi connectivity index (χ2n) is 7.78. The van der Waals surface area contributed by atoms with Gasteiger partial charge in [-0.2, -0.15) is 0 Å². The molecule has 0 spiro atoms. The second kappa shape index (κ2) is 8.80. The van der Waals surface area contributed by atoms with Crippen molar-refractivity contribution >= 4 is 5.91 Å². The maximum absolute atomic E-state index is 12.9. The second-order valence-corrected chi connectivity index (χ2v) is 7.78. The predicted octanol–water partition coefficient (Wildman–Crippen LogP) is 1.71. The van der Waals surface area contributed by atoms with Gasteiger partial charge in [0, 0.05) is 18.8 Å². The smallest absolute Gasteiger partial charge is 0.242 e. The van der Waals surface area contributed by atoms with E-state index in [1.54, 1.807) is 12.4 Å². The normalized spacial score (nSPS) is 18.3. The molecule has 0 aliphatic carbocycles. The minimum absolute atomic E-state index is 0.190. The number of hydrogen-bond donors (Lipinski definition) is 3. The van der Waals surface area contributed by atoms with Crippen LogP contribution in [0.3, 0.4) is 0 Å². The van der Waals surface area contributed by atoms with Gasteiger partial charge in [0.2, 0.25) is 12.7 Å². The van der Waals surface area contributed by atoms with Crippen LogP contribution in [0.1, 0.15) is 30.4 Å². The molecule has 7 nitrogen and oxygen atoms in total. The minimum atomic E-state index is -1.03. The van der Waals surface area contributed by atoms with Crippen molar-refractivity contribution in [3.8, 4) is 11.5 Å². The molecule has 154 valence electrons. The maximum Gasteiger partial charge on any atom is 0.242 e. The van der Waals surface area contributed by atoms with Gasteiger partial charge in [-0.15, -0.1) is 0 Å². The summed E-state index contributed by atoms with van der Waals surface area (Å²) in [5, 5.41) is 6.92. The number of benzene rings is 1. The number of rotatable bonds is 8. The zero-order chi connectivity index (χ0) is 20.1. The maximum atomic E-state index is 12.9. The Morgan fingerprint density at radius 3 is 2.69 bits per heavy atom. The fraction of sp³-hybridized carbons (Fsp3) is 0.455. The molecule has 2 aliphatic heterocycles. The number of pyridine rings is 1. The van der Waals surface area contributed by atoms with Gasteiger partial charge in [-0.3, -0.25) is 15.1 Å². The first kappa shape index (κ1) is 19.7. The molecule has 1 fully saturated rings. The topological polar surface area (TPSA) is 98.5 Å². The standard InChI is InChI=1S/C22H28N4O3/c23-21(27)22(14-17-5-10-25-11-6-17,26-12-7-16-3-8-24-9-4-16)18-1-2-19-20(13-18)29-15-28-19/h1-2,5-6,10-11,13,16,24,26H,3-4,7-9,12,14-15H2,(H2,23,27). The molecule has 1 aromatic carbocycles. The van der Waals surface area contributed by atoms with Gasteiger partial charge < -0.3 is 20.5 Å². The largest absolute Gasteiger partial charge is 0.454 e. The molecule has 0 radical (unpaired) electrons. The zero-order valence-electron chi connectivity index (χ0n) is 16.5. The highest BCUT2D eigenvalue weighted by atomic mass is 16.7. The minimum Gasteiger partial charge on any atom is -0.454 e. The highest BCUT2D eigenvalue weighted by Gasteiger charge is 2.39. The summed E-state index contributed by atoms with van der Waals surface area (Å²) in [5.74, 6) is 1.58. The number of nitrogens with zero attached hydrogens (tertiary/aromatic N) is 1. The van der Waals surface area contributed by atoms with Crippen molar-refractivity contribution < 1.29 is 14.3 Å². The Balaban J connectivity index is 1.61. The van der Waals surface area contributed by atoms with E-state index in [0.29, 0.717) is 30.4 Å². The zero-order valence-corrected chi connectivity index (χ0v) is 16.5. The van der Waals surface area contributed by atoms with E-state index in [0.717, 1.165) is 30.6 Å². The third kappa shape index (κ3) is 4.36. The van der Waals surface area contributed by atoms with Gasteiger partial charge in [-0.05, 0) is 80.2 Å². The number of hydrogen-bond acceptors (Lipinski definition) is 6. The first-order valence-corrected chi connectivity index (χ1v) is 10.2. The Morgan fingerprint density at radius 1 is 1.17 bits per heavy atom. The molecule has 2 aromatic rings. The lowest BCUT2D eigenvalue weighted by atomic mass is 9.82. The van der Waals surface area contributed by atoms with Gasteiger partial charge in [0.15, 0.2) is 11.5 Å². The first-order chi connectivity index (χ1) is 14.2. The van der Waals surface area contributed by atoms with Crippen molar-refractivity contribution in [3.05, 3.63) is 53.9 Å². The van der Waals surface area contributed by atoms with E-state index >= 15 is 0 Å². The van der Waals surface area contributed by atoms with E-state index in [-0.39, 0.29) is 6.79 Å². The van der Waals surface area contributed by atoms with Crippen LogP contribution in [0.4, 0.5) is 0 Å². The number of carbonyl (C=O) groups is 1. The van der Waals surface area contributed by atoms with Gasteiger partial charge in [0.1, 0.15) is 5.54 Å². The molecule has 3 heterocycles. The van der Waals surface area contributed by atoms with Crippen molar-refractivity contribution in [1.82, 2.24) is 15.6 Å². The van der Waals surface area contributed by atoms with Crippen LogP contribution in [-0.4, -0.2) is 37.3 Å². The number of piperidine rings is 1. The SMILES string of the molecule is NC(=O)C(Cc1ccncc1)(NCCC1CCNCC1)c1ccc2c(c1)OCO2. The number of nitrogens with one attached hydrogen (secondary N) is 2. The van der Waals surface area contributed by atoms with Crippen LogP contribution in [0, 0.1) is 5.92 Å². The van der Waals surface area contributed by atoms with E-state index in [1.165, 1.54) is 12.8 Å². The molecular formula is C22H28N4O3. The molecule has 1 atom stereocenters. The third-order valence-corrected chi connectivity index (χ3v) is 5.94. The van der Waals surface area contributed by atoms with Gasteiger partial charge in [-0.25, -0.2) is 0 Å². The summed E-state index contributed by atoms with van der Waals surface area (Å²) in [4.78, 5) is 17.0. The average Bonchev–Trinajstić information content (AvgIpc) is 3.22. The fourth-order valence-corrected chi connectivity index (χ4v) is 4.21. The molecule has 1 aromatic heterocycles. The average molecular weight is 396 g/mol. The van der Waals surface area contributed by atoms with E-state index < -0.39 is 11.4 Å². The number of ether oxygens (including phenoxy) is 2. The summed E-state index contributed by atoms with van der Waals surface area (Å²) < 4.78 is 11.0. The lowest BCUT2D eigenvalue weighted by Gasteiger charge is -2.34. The van der Waals surface area contributed by atoms with Crippen LogP contribution < -0.4 is 25.8 Å². The van der Waals surface area contributed by atoms with Crippen LogP contribution in [-0.2, 0) is 16.8 Å². The summed E-state index contributed by atoms with van der Waals surface area (Å²) in [6, 6.07) is 9.44. The molecule has 7 heteroatoms. The molecule has 0 bridgehead atoms. The molecule has 1 unspecified atom stereocenters. The molecule has 1 saturated heterocycles. The molecule has 4 N–H and O–H groups in total. The van der Waals surface area contributed by atoms with Gasteiger partial charge in [0.05, 0.1) is 0 Å². The number of primary amides is 1. The number of fused-ring (bicyclic) bond motifs is 1. The molecule has 4 rings (SSSR count). The molecule has 1 amide bonds. The Kier molecular flexibility index (Phi) is 5.97. The number of amides is 1. The van der Waals surface area contributed by atoms with Gasteiger partial charge >= 0.3 is 0 Å². The Morgan fingerprint density at radius 2 is 1.93 bits per heavy atom. The Labute approximate surface area is 171 Å². The predicted molar refractivity (Wildman–Crippen MR) is 110 cm³/mol. The fourth-order valence-electron chi connectivity index (χ4n) is 4.21. The molecule has 2 aliphatic rings. The van der Waals surface area contributed by atoms with Crippen LogP contribution >= 0.6 is 0 Å². The summed E-state index contributed by atoms with van der Waals surface area (Å²) in [6.07, 6.45) is 7.25. The first-order valence-electron chi connectivity index (χ1n) is 10.2. The summed E-state index contributed by atoms with van der Waals surface area (Å²) in [5.41, 5.74) is 6.76. The quantitative estimate of drug-likeness (QED) is 0.628. The molecule has 29 heavy (non-hydrogen) atoms. The van der Waals surface area contributed by atoms with Crippen molar-refractivity contribution in [3.63, 3.8) is 0 Å². The van der Waals surface area contributed by atoms with Crippen molar-refractivity contribution in [2.75, 3.05) is 26.4 Å². The monoisotopic (exact) mass is 396 g/mol. The molecule has 0 saturated carbocycles. The van der Waals surface area contributed by atoms with E-state index in [4.69, 9.17) is 15.2 Å². The van der Waals surface area contributed by atoms with Crippen LogP contribution in [0.25, 0.3) is 0 Å². The van der Waals surface area contributed by atoms with Crippen LogP contribution in [0.5, 0.6) is 11.5 Å². The number of aromatic nitrogens is 1. The van der Waals surface area contributed by atoms with Crippen molar-refractivity contribution in [2.45, 2.75) is 31.2 Å². The van der Waals surface area contributed by atoms with Crippen LogP contribution in [0.2, 0.25) is 0 Å². The lowest BCUT2D eigenvalue weighted by molar-refractivity contribution is -0.124. The van der Waals surface area contributed by atoms with Crippen molar-refractivity contribution in [2.24, 2.45) is 11.7 Å². The lowest BCUT2D eigenvalue weighted by Crippen LogP contribution is -2.54. The van der Waals surface area contributed by atoms with E-state index in [2.05, 4.69) is 15.6 Å². The number of carbonyl (C=O) groups excluding carboxylic acids is 1. The third-order valence-electron chi connectivity index (χ3n) is 5.94. The summed E-state index contributed by atoms with van der Waals surface area (Å²) >= 11 is 0.